The van der Waals surface area contributed by atoms with Crippen LogP contribution in [-0.2, 0) is 12.1 Å². The van der Waals surface area contributed by atoms with E-state index in [1.165, 1.54) is 12.4 Å². The molecule has 5 rings (SSSR count). The van der Waals surface area contributed by atoms with Crippen LogP contribution in [0.1, 0.15) is 36.1 Å². The maximum Gasteiger partial charge on any atom is 0.271 e. The first-order valence-electron chi connectivity index (χ1n) is 9.96. The summed E-state index contributed by atoms with van der Waals surface area (Å²) in [4.78, 5) is 47.5. The first-order valence-corrected chi connectivity index (χ1v) is 9.96. The predicted octanol–water partition coefficient (Wildman–Crippen LogP) is 2.08. The number of nitrogens with zero attached hydrogens (tertiary/aromatic N) is 6. The van der Waals surface area contributed by atoms with Crippen LogP contribution in [-0.4, -0.2) is 35.4 Å². The van der Waals surface area contributed by atoms with E-state index in [4.69, 9.17) is 4.98 Å². The van der Waals surface area contributed by atoms with Gasteiger partial charge >= 0.3 is 0 Å². The van der Waals surface area contributed by atoms with Crippen LogP contribution in [0.4, 0.5) is 0 Å². The zero-order valence-electron chi connectivity index (χ0n) is 16.8. The van der Waals surface area contributed by atoms with Crippen LogP contribution >= 0.6 is 0 Å². The van der Waals surface area contributed by atoms with Crippen LogP contribution in [0.15, 0.2) is 60.0 Å². The van der Waals surface area contributed by atoms with E-state index in [1.807, 2.05) is 13.0 Å². The molecule has 1 unspecified atom stereocenters. The lowest BCUT2D eigenvalue weighted by Crippen LogP contribution is -2.50. The average molecular weight is 413 g/mol. The smallest absolute Gasteiger partial charge is 0.271 e. The summed E-state index contributed by atoms with van der Waals surface area (Å²) < 4.78 is 1.62. The number of rotatable bonds is 3. The minimum absolute atomic E-state index is 0.175. The van der Waals surface area contributed by atoms with Crippen molar-refractivity contribution in [2.75, 3.05) is 0 Å². The summed E-state index contributed by atoms with van der Waals surface area (Å²) in [5, 5.41) is 3.75. The molecule has 0 aliphatic carbocycles. The van der Waals surface area contributed by atoms with Crippen molar-refractivity contribution < 1.29 is 4.79 Å². The van der Waals surface area contributed by atoms with Gasteiger partial charge in [0.1, 0.15) is 17.8 Å². The number of hydrogen-bond acceptors (Lipinski definition) is 7. The molecule has 4 aromatic rings. The number of aromatic nitrogens is 6. The van der Waals surface area contributed by atoms with Crippen molar-refractivity contribution in [3.63, 3.8) is 0 Å². The fourth-order valence-corrected chi connectivity index (χ4v) is 4.03. The largest absolute Gasteiger partial charge is 0.338 e. The van der Waals surface area contributed by atoms with Gasteiger partial charge in [0, 0.05) is 36.6 Å². The van der Waals surface area contributed by atoms with Crippen molar-refractivity contribution in [2.24, 2.45) is 0 Å². The molecule has 5 heterocycles. The highest BCUT2D eigenvalue weighted by Crippen LogP contribution is 2.30. The summed E-state index contributed by atoms with van der Waals surface area (Å²) in [6, 6.07) is 8.52. The highest BCUT2D eigenvalue weighted by Gasteiger charge is 2.37. The van der Waals surface area contributed by atoms with Crippen LogP contribution in [0.3, 0.4) is 0 Å². The molecule has 4 aromatic heterocycles. The maximum absolute atomic E-state index is 13.2. The summed E-state index contributed by atoms with van der Waals surface area (Å²) in [5.41, 5.74) is 0.968. The summed E-state index contributed by atoms with van der Waals surface area (Å²) in [5.74, 6) is 0.169. The molecule has 0 aromatic carbocycles. The second-order valence-electron chi connectivity index (χ2n) is 7.67. The van der Waals surface area contributed by atoms with E-state index in [-0.39, 0.29) is 11.5 Å². The summed E-state index contributed by atoms with van der Waals surface area (Å²) in [7, 11) is 0. The third-order valence-corrected chi connectivity index (χ3v) is 5.54. The first-order chi connectivity index (χ1) is 15.0. The maximum atomic E-state index is 13.2. The van der Waals surface area contributed by atoms with E-state index in [9.17, 15) is 9.59 Å². The molecule has 1 aliphatic rings. The molecule has 0 saturated carbocycles. The van der Waals surface area contributed by atoms with Gasteiger partial charge in [0.15, 0.2) is 0 Å². The molecule has 9 nitrogen and oxygen atoms in total. The molecule has 1 atom stereocenters. The Labute approximate surface area is 177 Å². The molecule has 31 heavy (non-hydrogen) atoms. The van der Waals surface area contributed by atoms with E-state index in [1.54, 1.807) is 41.4 Å². The third-order valence-electron chi connectivity index (χ3n) is 5.54. The topological polar surface area (TPSA) is 116 Å². The Morgan fingerprint density at radius 1 is 1.10 bits per heavy atom. The average Bonchev–Trinajstić information content (AvgIpc) is 2.80. The van der Waals surface area contributed by atoms with Gasteiger partial charge < -0.3 is 5.32 Å². The lowest BCUT2D eigenvalue weighted by atomic mass is 9.90. The SMILES string of the molecule is CC1(NC(=O)c2nccc3ncccc23)CCCn2c1nc(-c1ccncn1)cc2=O. The monoisotopic (exact) mass is 413 g/mol. The fraction of sp³-hybridized carbons (Fsp3) is 0.227. The summed E-state index contributed by atoms with van der Waals surface area (Å²) in [6.45, 7) is 2.43. The van der Waals surface area contributed by atoms with Crippen LogP contribution in [0.5, 0.6) is 0 Å². The Hall–Kier alpha value is -4.01. The summed E-state index contributed by atoms with van der Waals surface area (Å²) in [6.07, 6.45) is 7.63. The van der Waals surface area contributed by atoms with Gasteiger partial charge in [-0.2, -0.15) is 0 Å². The second kappa shape index (κ2) is 7.35. The molecule has 1 N–H and O–H groups in total. The van der Waals surface area contributed by atoms with Crippen molar-refractivity contribution in [2.45, 2.75) is 31.8 Å². The van der Waals surface area contributed by atoms with E-state index >= 15 is 0 Å². The normalized spacial score (nSPS) is 17.8. The Morgan fingerprint density at radius 3 is 2.84 bits per heavy atom. The number of fused-ring (bicyclic) bond motifs is 2. The van der Waals surface area contributed by atoms with Crippen molar-refractivity contribution in [1.29, 1.82) is 0 Å². The zero-order valence-corrected chi connectivity index (χ0v) is 16.8. The van der Waals surface area contributed by atoms with Crippen LogP contribution in [0, 0.1) is 0 Å². The number of carbonyl (C=O) groups excluding carboxylic acids is 1. The lowest BCUT2D eigenvalue weighted by Gasteiger charge is -2.36. The molecule has 9 heteroatoms. The fourth-order valence-electron chi connectivity index (χ4n) is 4.03. The van der Waals surface area contributed by atoms with E-state index in [0.29, 0.717) is 46.8 Å². The van der Waals surface area contributed by atoms with E-state index < -0.39 is 5.54 Å². The predicted molar refractivity (Wildman–Crippen MR) is 113 cm³/mol. The molecule has 1 amide bonds. The second-order valence-corrected chi connectivity index (χ2v) is 7.67. The van der Waals surface area contributed by atoms with Crippen molar-refractivity contribution in [1.82, 2.24) is 34.8 Å². The minimum atomic E-state index is -0.844. The number of nitrogens with one attached hydrogen (secondary N) is 1. The Balaban J connectivity index is 1.57. The van der Waals surface area contributed by atoms with Gasteiger partial charge in [0.2, 0.25) is 0 Å². The van der Waals surface area contributed by atoms with Crippen LogP contribution < -0.4 is 10.9 Å². The number of hydrogen-bond donors (Lipinski definition) is 1. The van der Waals surface area contributed by atoms with Gasteiger partial charge in [-0.3, -0.25) is 24.1 Å². The van der Waals surface area contributed by atoms with Gasteiger partial charge in [-0.15, -0.1) is 0 Å². The van der Waals surface area contributed by atoms with Crippen LogP contribution in [0.2, 0.25) is 0 Å². The molecule has 154 valence electrons. The highest BCUT2D eigenvalue weighted by atomic mass is 16.2. The molecule has 1 aliphatic heterocycles. The molecule has 0 spiro atoms. The Bertz CT molecular complexity index is 1350. The molecule has 0 bridgehead atoms. The van der Waals surface area contributed by atoms with Gasteiger partial charge in [0.25, 0.3) is 11.5 Å². The van der Waals surface area contributed by atoms with Gasteiger partial charge in [-0.1, -0.05) is 0 Å². The first kappa shape index (κ1) is 19.0. The quantitative estimate of drug-likeness (QED) is 0.547. The molecular formula is C22H19N7O2. The van der Waals surface area contributed by atoms with E-state index in [2.05, 4.69) is 25.3 Å². The Kier molecular flexibility index (Phi) is 4.50. The number of amides is 1. The molecular weight excluding hydrogens is 394 g/mol. The van der Waals surface area contributed by atoms with Gasteiger partial charge in [-0.05, 0) is 44.0 Å². The Morgan fingerprint density at radius 2 is 2.00 bits per heavy atom. The van der Waals surface area contributed by atoms with Gasteiger partial charge in [0.05, 0.1) is 22.4 Å². The van der Waals surface area contributed by atoms with Crippen molar-refractivity contribution in [3.05, 3.63) is 77.1 Å². The molecule has 0 saturated heterocycles. The highest BCUT2D eigenvalue weighted by molar-refractivity contribution is 6.04. The standard InChI is InChI=1S/C22H19N7O2/c1-22(28-20(31)19-14-4-2-8-24-15(14)6-10-25-19)7-3-11-29-18(30)12-17(27-21(22)29)16-5-9-23-13-26-16/h2,4-6,8-10,12-13H,3,7,11H2,1H3,(H,28,31). The third kappa shape index (κ3) is 3.33. The van der Waals surface area contributed by atoms with Crippen molar-refractivity contribution in [3.8, 4) is 11.4 Å². The number of carbonyl (C=O) groups is 1. The zero-order chi connectivity index (χ0) is 21.4. The van der Waals surface area contributed by atoms with Crippen molar-refractivity contribution >= 4 is 16.8 Å². The summed E-state index contributed by atoms with van der Waals surface area (Å²) >= 11 is 0. The molecule has 0 radical (unpaired) electrons. The minimum Gasteiger partial charge on any atom is -0.338 e. The number of pyridine rings is 2. The van der Waals surface area contributed by atoms with Crippen LogP contribution in [0.25, 0.3) is 22.3 Å². The lowest BCUT2D eigenvalue weighted by molar-refractivity contribution is 0.0877. The molecule has 0 fully saturated rings. The van der Waals surface area contributed by atoms with E-state index in [0.717, 1.165) is 6.42 Å². The van der Waals surface area contributed by atoms with Gasteiger partial charge in [-0.25, -0.2) is 15.0 Å².